The second-order valence-corrected chi connectivity index (χ2v) is 4.51. The van der Waals surface area contributed by atoms with Crippen molar-refractivity contribution in [1.29, 1.82) is 0 Å². The lowest BCUT2D eigenvalue weighted by Gasteiger charge is -2.15. The average Bonchev–Trinajstić information content (AvgIpc) is 2.37. The van der Waals surface area contributed by atoms with Gasteiger partial charge in [0.25, 0.3) is 0 Å². The van der Waals surface area contributed by atoms with Gasteiger partial charge < -0.3 is 5.11 Å². The van der Waals surface area contributed by atoms with Crippen molar-refractivity contribution in [1.82, 2.24) is 4.98 Å². The maximum Gasteiger partial charge on any atom is 0.133 e. The van der Waals surface area contributed by atoms with E-state index in [0.29, 0.717) is 5.02 Å². The quantitative estimate of drug-likeness (QED) is 0.837. The maximum atomic E-state index is 9.28. The van der Waals surface area contributed by atoms with Gasteiger partial charge in [0.2, 0.25) is 0 Å². The molecular formula is C15H14ClNO. The fourth-order valence-electron chi connectivity index (χ4n) is 1.92. The van der Waals surface area contributed by atoms with Crippen molar-refractivity contribution in [2.45, 2.75) is 12.3 Å². The van der Waals surface area contributed by atoms with E-state index in [4.69, 9.17) is 11.6 Å². The molecular weight excluding hydrogens is 246 g/mol. The number of aromatic hydroxyl groups is 1. The average molecular weight is 260 g/mol. The molecule has 0 aliphatic heterocycles. The summed E-state index contributed by atoms with van der Waals surface area (Å²) in [7, 11) is 0. The zero-order valence-corrected chi connectivity index (χ0v) is 10.6. The third-order valence-electron chi connectivity index (χ3n) is 2.78. The van der Waals surface area contributed by atoms with Gasteiger partial charge in [-0.1, -0.05) is 29.8 Å². The van der Waals surface area contributed by atoms with Crippen LogP contribution in [-0.4, -0.2) is 10.1 Å². The fourth-order valence-corrected chi connectivity index (χ4v) is 2.12. The molecule has 18 heavy (non-hydrogen) atoms. The SMILES string of the molecule is C=CCC(c1cccc(Cl)c1)c1ccc(O)cn1. The number of nitrogens with zero attached hydrogens (tertiary/aromatic N) is 1. The summed E-state index contributed by atoms with van der Waals surface area (Å²) >= 11 is 6.02. The largest absolute Gasteiger partial charge is 0.506 e. The summed E-state index contributed by atoms with van der Waals surface area (Å²) < 4.78 is 0. The number of aromatic nitrogens is 1. The molecule has 1 atom stereocenters. The van der Waals surface area contributed by atoms with Crippen LogP contribution < -0.4 is 0 Å². The zero-order chi connectivity index (χ0) is 13.0. The Morgan fingerprint density at radius 2 is 2.17 bits per heavy atom. The van der Waals surface area contributed by atoms with Crippen LogP contribution in [0.2, 0.25) is 5.02 Å². The third kappa shape index (κ3) is 2.90. The molecule has 0 saturated heterocycles. The highest BCUT2D eigenvalue weighted by atomic mass is 35.5. The van der Waals surface area contributed by atoms with Crippen molar-refractivity contribution in [2.75, 3.05) is 0 Å². The van der Waals surface area contributed by atoms with E-state index in [1.807, 2.05) is 36.4 Å². The summed E-state index contributed by atoms with van der Waals surface area (Å²) in [5, 5.41) is 9.99. The van der Waals surface area contributed by atoms with Crippen molar-refractivity contribution < 1.29 is 5.11 Å². The van der Waals surface area contributed by atoms with Gasteiger partial charge in [0.05, 0.1) is 6.20 Å². The Balaban J connectivity index is 2.39. The van der Waals surface area contributed by atoms with Crippen molar-refractivity contribution >= 4 is 11.6 Å². The molecule has 0 radical (unpaired) electrons. The van der Waals surface area contributed by atoms with E-state index in [-0.39, 0.29) is 11.7 Å². The van der Waals surface area contributed by atoms with Gasteiger partial charge >= 0.3 is 0 Å². The third-order valence-corrected chi connectivity index (χ3v) is 3.02. The van der Waals surface area contributed by atoms with Gasteiger partial charge in [0, 0.05) is 16.6 Å². The summed E-state index contributed by atoms with van der Waals surface area (Å²) in [6, 6.07) is 11.2. The van der Waals surface area contributed by atoms with Crippen LogP contribution in [0, 0.1) is 0 Å². The van der Waals surface area contributed by atoms with E-state index in [0.717, 1.165) is 17.7 Å². The molecule has 0 bridgehead atoms. The van der Waals surface area contributed by atoms with Gasteiger partial charge in [-0.05, 0) is 36.2 Å². The molecule has 1 unspecified atom stereocenters. The first kappa shape index (κ1) is 12.7. The Morgan fingerprint density at radius 1 is 1.33 bits per heavy atom. The number of allylic oxidation sites excluding steroid dienone is 1. The van der Waals surface area contributed by atoms with Crippen molar-refractivity contribution in [2.24, 2.45) is 0 Å². The lowest BCUT2D eigenvalue weighted by atomic mass is 9.92. The fraction of sp³-hybridized carbons (Fsp3) is 0.133. The minimum absolute atomic E-state index is 0.113. The summed E-state index contributed by atoms with van der Waals surface area (Å²) in [6.07, 6.45) is 4.09. The van der Waals surface area contributed by atoms with Crippen LogP contribution in [0.15, 0.2) is 55.3 Å². The highest BCUT2D eigenvalue weighted by molar-refractivity contribution is 6.30. The first-order valence-electron chi connectivity index (χ1n) is 5.72. The molecule has 2 nitrogen and oxygen atoms in total. The molecule has 0 spiro atoms. The molecule has 0 amide bonds. The maximum absolute atomic E-state index is 9.28. The van der Waals surface area contributed by atoms with E-state index in [1.54, 1.807) is 6.07 Å². The highest BCUT2D eigenvalue weighted by Gasteiger charge is 2.14. The molecule has 1 aromatic heterocycles. The number of halogens is 1. The summed E-state index contributed by atoms with van der Waals surface area (Å²) in [5.74, 6) is 0.281. The van der Waals surface area contributed by atoms with Gasteiger partial charge in [-0.2, -0.15) is 0 Å². The van der Waals surface area contributed by atoms with Crippen molar-refractivity contribution in [3.05, 3.63) is 71.5 Å². The second kappa shape index (κ2) is 5.69. The van der Waals surface area contributed by atoms with Gasteiger partial charge in [-0.3, -0.25) is 4.98 Å². The number of pyridine rings is 1. The van der Waals surface area contributed by atoms with Gasteiger partial charge in [-0.25, -0.2) is 0 Å². The minimum atomic E-state index is 0.113. The van der Waals surface area contributed by atoms with Crippen LogP contribution in [0.1, 0.15) is 23.6 Å². The molecule has 1 N–H and O–H groups in total. The Labute approximate surface area is 112 Å². The smallest absolute Gasteiger partial charge is 0.133 e. The van der Waals surface area contributed by atoms with Crippen molar-refractivity contribution in [3.63, 3.8) is 0 Å². The molecule has 3 heteroatoms. The predicted molar refractivity (Wildman–Crippen MR) is 74.0 cm³/mol. The number of hydrogen-bond acceptors (Lipinski definition) is 2. The summed E-state index contributed by atoms with van der Waals surface area (Å²) in [5.41, 5.74) is 2.00. The molecule has 1 aromatic carbocycles. The normalized spacial score (nSPS) is 12.1. The van der Waals surface area contributed by atoms with Crippen LogP contribution in [0.4, 0.5) is 0 Å². The van der Waals surface area contributed by atoms with Gasteiger partial charge in [-0.15, -0.1) is 6.58 Å². The van der Waals surface area contributed by atoms with E-state index < -0.39 is 0 Å². The number of benzene rings is 1. The van der Waals surface area contributed by atoms with Gasteiger partial charge in [0.1, 0.15) is 5.75 Å². The van der Waals surface area contributed by atoms with Crippen LogP contribution in [0.3, 0.4) is 0 Å². The van der Waals surface area contributed by atoms with Crippen LogP contribution in [-0.2, 0) is 0 Å². The first-order valence-corrected chi connectivity index (χ1v) is 6.10. The zero-order valence-electron chi connectivity index (χ0n) is 9.88. The lowest BCUT2D eigenvalue weighted by molar-refractivity contribution is 0.471. The molecule has 0 aliphatic carbocycles. The Hall–Kier alpha value is -1.80. The topological polar surface area (TPSA) is 33.1 Å². The van der Waals surface area contributed by atoms with Crippen molar-refractivity contribution in [3.8, 4) is 5.75 Å². The van der Waals surface area contributed by atoms with E-state index in [2.05, 4.69) is 11.6 Å². The summed E-state index contributed by atoms with van der Waals surface area (Å²) in [4.78, 5) is 4.26. The van der Waals surface area contributed by atoms with Crippen LogP contribution in [0.5, 0.6) is 5.75 Å². The predicted octanol–water partition coefficient (Wildman–Crippen LogP) is 4.15. The standard InChI is InChI=1S/C15H14ClNO/c1-2-4-14(11-5-3-6-12(16)9-11)15-8-7-13(18)10-17-15/h2-3,5-10,14,18H,1,4H2. The Morgan fingerprint density at radius 3 is 2.78 bits per heavy atom. The van der Waals surface area contributed by atoms with Crippen LogP contribution in [0.25, 0.3) is 0 Å². The Bertz CT molecular complexity index is 536. The number of rotatable bonds is 4. The van der Waals surface area contributed by atoms with E-state index >= 15 is 0 Å². The molecule has 0 fully saturated rings. The molecule has 0 saturated carbocycles. The lowest BCUT2D eigenvalue weighted by Crippen LogP contribution is -2.02. The highest BCUT2D eigenvalue weighted by Crippen LogP contribution is 2.29. The Kier molecular flexibility index (Phi) is 4.00. The monoisotopic (exact) mass is 259 g/mol. The molecule has 92 valence electrons. The molecule has 0 aliphatic rings. The molecule has 2 rings (SSSR count). The minimum Gasteiger partial charge on any atom is -0.506 e. The molecule has 2 aromatic rings. The molecule has 1 heterocycles. The number of hydrogen-bond donors (Lipinski definition) is 1. The van der Waals surface area contributed by atoms with Gasteiger partial charge in [0.15, 0.2) is 0 Å². The summed E-state index contributed by atoms with van der Waals surface area (Å²) in [6.45, 7) is 3.78. The van der Waals surface area contributed by atoms with E-state index in [9.17, 15) is 5.11 Å². The second-order valence-electron chi connectivity index (χ2n) is 4.07. The van der Waals surface area contributed by atoms with E-state index in [1.165, 1.54) is 6.20 Å². The first-order chi connectivity index (χ1) is 8.70. The van der Waals surface area contributed by atoms with Crippen LogP contribution >= 0.6 is 11.6 Å².